The fraction of sp³-hybridized carbons (Fsp3) is 0.667. The largest absolute Gasteiger partial charge is 1.00 e. The normalized spacial score (nSPS) is 10.8. The standard InChI is InChI=1S/C3H7O3S.K.H2O4S/c1-2-3-7(4,5)6;;1-5(2,3)4/h1-3H2,(H,4,5,6);;(H2,1,2,3,4)/q-1;+1;. The Hall–Kier alpha value is 1.42. The Kier molecular flexibility index (Phi) is 13.3. The third kappa shape index (κ3) is 59.6. The predicted molar refractivity (Wildman–Crippen MR) is 40.6 cm³/mol. The van der Waals surface area contributed by atoms with Crippen LogP contribution in [0.1, 0.15) is 6.42 Å². The van der Waals surface area contributed by atoms with Gasteiger partial charge in [0.15, 0.2) is 0 Å². The molecule has 0 rings (SSSR count). The fourth-order valence-corrected chi connectivity index (χ4v) is 0.547. The van der Waals surface area contributed by atoms with E-state index in [1.807, 2.05) is 0 Å². The van der Waals surface area contributed by atoms with Crippen LogP contribution in [0.15, 0.2) is 0 Å². The Morgan fingerprint density at radius 2 is 1.23 bits per heavy atom. The van der Waals surface area contributed by atoms with E-state index >= 15 is 0 Å². The SMILES string of the molecule is O=S(=O)(O)O.[CH2-]CCS(=O)(=O)O.[K+]. The minimum Gasteiger partial charge on any atom is -0.342 e. The van der Waals surface area contributed by atoms with Crippen LogP contribution in [-0.4, -0.2) is 36.2 Å². The first-order valence-electron chi connectivity index (χ1n) is 2.50. The Bertz CT molecular complexity index is 282. The molecule has 10 heteroatoms. The summed E-state index contributed by atoms with van der Waals surface area (Å²) in [6.07, 6.45) is 0.221. The molecule has 0 aromatic carbocycles. The van der Waals surface area contributed by atoms with E-state index in [1.165, 1.54) is 0 Å². The second kappa shape index (κ2) is 8.70. The van der Waals surface area contributed by atoms with E-state index < -0.39 is 20.5 Å². The van der Waals surface area contributed by atoms with E-state index in [0.717, 1.165) is 0 Å². The van der Waals surface area contributed by atoms with Gasteiger partial charge in [0.05, 0.1) is 0 Å². The van der Waals surface area contributed by atoms with Crippen LogP contribution in [0.25, 0.3) is 0 Å². The fourth-order valence-electron chi connectivity index (χ4n) is 0.182. The monoisotopic (exact) mass is 260 g/mol. The van der Waals surface area contributed by atoms with Crippen molar-refractivity contribution < 1.29 is 81.9 Å². The first kappa shape index (κ1) is 19.9. The molecule has 0 aromatic heterocycles. The Morgan fingerprint density at radius 3 is 1.23 bits per heavy atom. The summed E-state index contributed by atoms with van der Waals surface area (Å²) in [5, 5.41) is 0. The van der Waals surface area contributed by atoms with Gasteiger partial charge in [-0.3, -0.25) is 13.7 Å². The molecule has 0 saturated heterocycles. The van der Waals surface area contributed by atoms with Gasteiger partial charge in [0, 0.05) is 5.75 Å². The topological polar surface area (TPSA) is 129 Å². The van der Waals surface area contributed by atoms with Crippen molar-refractivity contribution in [3.63, 3.8) is 0 Å². The molecule has 0 bridgehead atoms. The minimum atomic E-state index is -4.67. The van der Waals surface area contributed by atoms with Crippen molar-refractivity contribution in [1.29, 1.82) is 0 Å². The van der Waals surface area contributed by atoms with Gasteiger partial charge >= 0.3 is 61.8 Å². The van der Waals surface area contributed by atoms with Gasteiger partial charge in [0.1, 0.15) is 0 Å². The molecule has 0 radical (unpaired) electrons. The number of hydrogen-bond acceptors (Lipinski definition) is 4. The van der Waals surface area contributed by atoms with Crippen molar-refractivity contribution in [2.24, 2.45) is 0 Å². The van der Waals surface area contributed by atoms with Crippen LogP contribution in [0.5, 0.6) is 0 Å². The molecular formula is C3H9KO7S2. The zero-order valence-corrected chi connectivity index (χ0v) is 11.7. The molecule has 0 heterocycles. The summed E-state index contributed by atoms with van der Waals surface area (Å²) in [4.78, 5) is 0. The number of rotatable bonds is 2. The third-order valence-corrected chi connectivity index (χ3v) is 1.21. The summed E-state index contributed by atoms with van der Waals surface area (Å²) in [6, 6.07) is 0. The van der Waals surface area contributed by atoms with Crippen LogP contribution in [0.3, 0.4) is 0 Å². The second-order valence-corrected chi connectivity index (χ2v) is 4.06. The summed E-state index contributed by atoms with van der Waals surface area (Å²) in [7, 11) is -8.40. The van der Waals surface area contributed by atoms with Crippen molar-refractivity contribution in [3.8, 4) is 0 Å². The maximum Gasteiger partial charge on any atom is 1.00 e. The second-order valence-electron chi connectivity index (χ2n) is 1.59. The van der Waals surface area contributed by atoms with Crippen LogP contribution in [0.4, 0.5) is 0 Å². The molecule has 0 saturated carbocycles. The van der Waals surface area contributed by atoms with Crippen molar-refractivity contribution in [2.75, 3.05) is 5.75 Å². The maximum absolute atomic E-state index is 9.75. The number of hydrogen-bond donors (Lipinski definition) is 3. The van der Waals surface area contributed by atoms with E-state index in [9.17, 15) is 8.42 Å². The average molecular weight is 260 g/mol. The van der Waals surface area contributed by atoms with Gasteiger partial charge in [-0.2, -0.15) is 23.3 Å². The third-order valence-electron chi connectivity index (χ3n) is 0.402. The van der Waals surface area contributed by atoms with Crippen molar-refractivity contribution >= 4 is 20.5 Å². The van der Waals surface area contributed by atoms with Crippen molar-refractivity contribution in [3.05, 3.63) is 6.92 Å². The summed E-state index contributed by atoms with van der Waals surface area (Å²) >= 11 is 0. The van der Waals surface area contributed by atoms with Crippen LogP contribution < -0.4 is 51.4 Å². The Labute approximate surface area is 120 Å². The van der Waals surface area contributed by atoms with Gasteiger partial charge in [-0.15, -0.1) is 0 Å². The molecule has 0 aromatic rings. The first-order valence-corrected chi connectivity index (χ1v) is 5.51. The van der Waals surface area contributed by atoms with Gasteiger partial charge in [-0.1, -0.05) is 0 Å². The average Bonchev–Trinajstić information content (AvgIpc) is 1.54. The molecule has 13 heavy (non-hydrogen) atoms. The molecule has 0 atom stereocenters. The zero-order valence-electron chi connectivity index (χ0n) is 6.91. The van der Waals surface area contributed by atoms with Crippen LogP contribution in [0, 0.1) is 6.92 Å². The summed E-state index contributed by atoms with van der Waals surface area (Å²) < 4.78 is 59.0. The van der Waals surface area contributed by atoms with Crippen LogP contribution in [0.2, 0.25) is 0 Å². The molecule has 0 fully saturated rings. The van der Waals surface area contributed by atoms with Gasteiger partial charge in [0.25, 0.3) is 10.1 Å². The molecule has 0 unspecified atom stereocenters. The Morgan fingerprint density at radius 1 is 1.00 bits per heavy atom. The van der Waals surface area contributed by atoms with Gasteiger partial charge in [-0.05, 0) is 0 Å². The van der Waals surface area contributed by atoms with E-state index in [4.69, 9.17) is 22.1 Å². The molecule has 7 nitrogen and oxygen atoms in total. The summed E-state index contributed by atoms with van der Waals surface area (Å²) in [6.45, 7) is 3.23. The van der Waals surface area contributed by atoms with E-state index in [-0.39, 0.29) is 63.6 Å². The molecule has 0 aliphatic carbocycles. The van der Waals surface area contributed by atoms with E-state index in [2.05, 4.69) is 6.92 Å². The van der Waals surface area contributed by atoms with Gasteiger partial charge < -0.3 is 6.92 Å². The predicted octanol–water partition coefficient (Wildman–Crippen LogP) is -3.55. The molecule has 3 N–H and O–H groups in total. The smallest absolute Gasteiger partial charge is 0.342 e. The van der Waals surface area contributed by atoms with E-state index in [0.29, 0.717) is 0 Å². The van der Waals surface area contributed by atoms with Crippen molar-refractivity contribution in [1.82, 2.24) is 0 Å². The van der Waals surface area contributed by atoms with Gasteiger partial charge in [0.2, 0.25) is 0 Å². The molecule has 0 amide bonds. The quantitative estimate of drug-likeness (QED) is 0.266. The van der Waals surface area contributed by atoms with Gasteiger partial charge in [-0.25, -0.2) is 0 Å². The van der Waals surface area contributed by atoms with Crippen LogP contribution in [-0.2, 0) is 20.5 Å². The maximum atomic E-state index is 9.75. The van der Waals surface area contributed by atoms with E-state index in [1.54, 1.807) is 0 Å². The molecule has 0 aliphatic heterocycles. The summed E-state index contributed by atoms with van der Waals surface area (Å²) in [5.41, 5.74) is 0. The van der Waals surface area contributed by atoms with Crippen LogP contribution >= 0.6 is 0 Å². The summed E-state index contributed by atoms with van der Waals surface area (Å²) in [5.74, 6) is -0.243. The molecule has 76 valence electrons. The minimum absolute atomic E-state index is 0. The molecule has 0 spiro atoms. The van der Waals surface area contributed by atoms with Crippen molar-refractivity contribution in [2.45, 2.75) is 6.42 Å². The molecular weight excluding hydrogens is 251 g/mol. The first-order chi connectivity index (χ1) is 5.06. The molecule has 0 aliphatic rings. The zero-order chi connectivity index (χ0) is 10.4. The Balaban J connectivity index is -0.000000150.